The van der Waals surface area contributed by atoms with E-state index >= 15 is 0 Å². The van der Waals surface area contributed by atoms with E-state index in [1.54, 1.807) is 6.08 Å². The van der Waals surface area contributed by atoms with Crippen LogP contribution in [0.4, 0.5) is 5.13 Å². The van der Waals surface area contributed by atoms with E-state index in [1.165, 1.54) is 24.1 Å². The number of carboxylic acids is 2. The van der Waals surface area contributed by atoms with Crippen molar-refractivity contribution in [3.05, 3.63) is 34.5 Å². The highest BCUT2D eigenvalue weighted by atomic mass is 32.2. The van der Waals surface area contributed by atoms with Crippen LogP contribution in [0, 0.1) is 0 Å². The van der Waals surface area contributed by atoms with Gasteiger partial charge in [-0.1, -0.05) is 24.2 Å². The van der Waals surface area contributed by atoms with Crippen LogP contribution in [0.2, 0.25) is 0 Å². The molecule has 14 heteroatoms. The number of aromatic nitrogens is 1. The van der Waals surface area contributed by atoms with Crippen LogP contribution in [0.3, 0.4) is 0 Å². The summed E-state index contributed by atoms with van der Waals surface area (Å²) in [5.41, 5.74) is 5.71. The van der Waals surface area contributed by atoms with E-state index in [9.17, 15) is 24.3 Å². The maximum atomic E-state index is 12.9. The third kappa shape index (κ3) is 5.01. The molecule has 5 N–H and O–H groups in total. The Labute approximate surface area is 196 Å². The number of nitrogens with two attached hydrogens (primary N) is 1. The second kappa shape index (κ2) is 10.0. The van der Waals surface area contributed by atoms with Crippen molar-refractivity contribution in [1.29, 1.82) is 0 Å². The van der Waals surface area contributed by atoms with Gasteiger partial charge in [0.25, 0.3) is 11.8 Å². The number of hydrogen-bond acceptors (Lipinski definition) is 10. The summed E-state index contributed by atoms with van der Waals surface area (Å²) in [7, 11) is 0. The van der Waals surface area contributed by atoms with Gasteiger partial charge in [-0.05, 0) is 18.9 Å². The zero-order valence-electron chi connectivity index (χ0n) is 17.5. The van der Waals surface area contributed by atoms with Gasteiger partial charge in [-0.15, -0.1) is 23.1 Å². The molecule has 1 fully saturated rings. The van der Waals surface area contributed by atoms with Crippen LogP contribution < -0.4 is 11.1 Å². The molecule has 1 aromatic heterocycles. The summed E-state index contributed by atoms with van der Waals surface area (Å²) in [6.45, 7) is 3.14. The Morgan fingerprint density at radius 2 is 2.18 bits per heavy atom. The topological polar surface area (TPSA) is 185 Å². The molecular weight excluding hydrogens is 474 g/mol. The van der Waals surface area contributed by atoms with E-state index in [4.69, 9.17) is 15.7 Å². The van der Waals surface area contributed by atoms with Crippen molar-refractivity contribution in [3.63, 3.8) is 0 Å². The Morgan fingerprint density at radius 1 is 1.45 bits per heavy atom. The first kappa shape index (κ1) is 24.3. The number of nitrogens with zero attached hydrogens (tertiary/aromatic N) is 3. The van der Waals surface area contributed by atoms with E-state index in [1.807, 2.05) is 13.0 Å². The zero-order chi connectivity index (χ0) is 24.3. The number of aliphatic carboxylic acids is 2. The Bertz CT molecular complexity index is 1080. The van der Waals surface area contributed by atoms with Gasteiger partial charge in [0.05, 0.1) is 0 Å². The van der Waals surface area contributed by atoms with Gasteiger partial charge in [-0.2, -0.15) is 0 Å². The van der Waals surface area contributed by atoms with Crippen LogP contribution in [0.25, 0.3) is 0 Å². The van der Waals surface area contributed by atoms with Gasteiger partial charge in [0.2, 0.25) is 6.10 Å². The second-order valence-corrected chi connectivity index (χ2v) is 8.94. The summed E-state index contributed by atoms with van der Waals surface area (Å²) in [6, 6.07) is -1.01. The maximum Gasteiger partial charge on any atom is 0.352 e. The van der Waals surface area contributed by atoms with Gasteiger partial charge < -0.3 is 26.1 Å². The summed E-state index contributed by atoms with van der Waals surface area (Å²) in [5, 5.41) is 25.7. The first-order valence-corrected chi connectivity index (χ1v) is 11.6. The van der Waals surface area contributed by atoms with Crippen LogP contribution >= 0.6 is 23.1 Å². The van der Waals surface area contributed by atoms with Crippen LogP contribution in [0.1, 0.15) is 26.0 Å². The van der Waals surface area contributed by atoms with E-state index in [2.05, 4.69) is 15.5 Å². The molecule has 2 aliphatic heterocycles. The Balaban J connectivity index is 1.82. The van der Waals surface area contributed by atoms with Crippen LogP contribution in [-0.2, 0) is 24.0 Å². The highest BCUT2D eigenvalue weighted by Crippen LogP contribution is 2.40. The molecule has 1 unspecified atom stereocenters. The first-order chi connectivity index (χ1) is 15.6. The Hall–Kier alpha value is -3.39. The average molecular weight is 496 g/mol. The molecule has 12 nitrogen and oxygen atoms in total. The molecule has 0 aliphatic carbocycles. The number of carboxylic acid groups (broad SMARTS) is 2. The summed E-state index contributed by atoms with van der Waals surface area (Å²) in [5.74, 6) is -3.60. The maximum absolute atomic E-state index is 12.9. The molecule has 0 aromatic carbocycles. The lowest BCUT2D eigenvalue weighted by atomic mass is 10.0. The van der Waals surface area contributed by atoms with Gasteiger partial charge in [0, 0.05) is 11.1 Å². The van der Waals surface area contributed by atoms with Crippen LogP contribution in [0.15, 0.2) is 34.0 Å². The molecule has 1 aromatic rings. The second-order valence-electron chi connectivity index (χ2n) is 6.95. The third-order valence-corrected chi connectivity index (χ3v) is 6.65. The fourth-order valence-corrected chi connectivity index (χ4v) is 4.88. The van der Waals surface area contributed by atoms with E-state index in [0.717, 1.165) is 16.2 Å². The predicted octanol–water partition coefficient (Wildman–Crippen LogP) is 0.624. The molecule has 33 heavy (non-hydrogen) atoms. The number of oxime groups is 1. The number of carbonyl (C=O) groups excluding carboxylic acids is 2. The van der Waals surface area contributed by atoms with Gasteiger partial charge in [-0.3, -0.25) is 14.5 Å². The highest BCUT2D eigenvalue weighted by Gasteiger charge is 2.54. The predicted molar refractivity (Wildman–Crippen MR) is 120 cm³/mol. The number of carbonyl (C=O) groups is 4. The lowest BCUT2D eigenvalue weighted by Crippen LogP contribution is -2.71. The van der Waals surface area contributed by atoms with Crippen LogP contribution in [0.5, 0.6) is 0 Å². The largest absolute Gasteiger partial charge is 0.478 e. The van der Waals surface area contributed by atoms with Crippen molar-refractivity contribution in [2.24, 2.45) is 5.16 Å². The highest BCUT2D eigenvalue weighted by molar-refractivity contribution is 8.00. The minimum Gasteiger partial charge on any atom is -0.478 e. The smallest absolute Gasteiger partial charge is 0.352 e. The van der Waals surface area contributed by atoms with Crippen LogP contribution in [-0.4, -0.2) is 72.8 Å². The first-order valence-electron chi connectivity index (χ1n) is 9.72. The zero-order valence-corrected chi connectivity index (χ0v) is 19.2. The van der Waals surface area contributed by atoms with Crippen molar-refractivity contribution in [2.45, 2.75) is 37.8 Å². The summed E-state index contributed by atoms with van der Waals surface area (Å²) in [6.07, 6.45) is 2.87. The molecule has 2 amide bonds. The van der Waals surface area contributed by atoms with Crippen molar-refractivity contribution < 1.29 is 34.2 Å². The molecule has 0 saturated carbocycles. The van der Waals surface area contributed by atoms with Crippen molar-refractivity contribution in [3.8, 4) is 0 Å². The number of β-lactam (4-membered cyclic amide) rings is 1. The number of allylic oxidation sites excluding steroid dienone is 2. The van der Waals surface area contributed by atoms with Gasteiger partial charge in [-0.25, -0.2) is 14.6 Å². The van der Waals surface area contributed by atoms with Crippen molar-refractivity contribution >= 4 is 57.7 Å². The summed E-state index contributed by atoms with van der Waals surface area (Å²) >= 11 is 2.35. The Morgan fingerprint density at radius 3 is 2.76 bits per heavy atom. The molecule has 1 saturated heterocycles. The average Bonchev–Trinajstić information content (AvgIpc) is 3.20. The molecule has 3 rings (SSSR count). The number of rotatable bonds is 9. The van der Waals surface area contributed by atoms with Crippen molar-refractivity contribution in [2.75, 3.05) is 11.5 Å². The minimum atomic E-state index is -1.34. The molecule has 3 atom stereocenters. The number of fused-ring (bicyclic) bond motifs is 1. The molecule has 2 aliphatic rings. The van der Waals surface area contributed by atoms with E-state index in [0.29, 0.717) is 17.7 Å². The fraction of sp³-hybridized carbons (Fsp3) is 0.368. The van der Waals surface area contributed by atoms with Crippen molar-refractivity contribution in [1.82, 2.24) is 15.2 Å². The quantitative estimate of drug-likeness (QED) is 0.215. The molecule has 0 radical (unpaired) electrons. The molecule has 0 spiro atoms. The summed E-state index contributed by atoms with van der Waals surface area (Å²) < 4.78 is 0. The third-order valence-electron chi connectivity index (χ3n) is 4.67. The SMILES string of the molecule is CC/C=C/C1=C(C(=O)O)N2C(=O)[C@@H](NC(=O)/C(=N\O[C@@H](C)C(=O)O)c3csc(N)n3)C2SC1. The number of thioether (sulfide) groups is 1. The van der Waals surface area contributed by atoms with E-state index in [-0.39, 0.29) is 22.2 Å². The fourth-order valence-electron chi connectivity index (χ4n) is 3.02. The minimum absolute atomic E-state index is 0.0469. The molecule has 3 heterocycles. The molecule has 176 valence electrons. The number of amides is 2. The van der Waals surface area contributed by atoms with Gasteiger partial charge in [0.1, 0.15) is 22.8 Å². The monoisotopic (exact) mass is 495 g/mol. The normalized spacial score (nSPS) is 21.5. The number of hydrogen-bond donors (Lipinski definition) is 4. The number of nitrogen functional groups attached to an aromatic ring is 1. The molecule has 0 bridgehead atoms. The lowest BCUT2D eigenvalue weighted by molar-refractivity contribution is -0.150. The standard InChI is InChI=1S/C19H21N5O7S2/c1-3-4-5-9-6-32-16-12(15(26)24(16)13(9)18(29)30)22-14(25)11(10-7-33-19(20)21-10)23-31-8(2)17(27)28/h4-5,7-8,12,16H,3,6H2,1-2H3,(H2,20,21)(H,22,25)(H,27,28)(H,29,30)/b5-4+,23-11-/t8-,12+,16?/m0/s1. The van der Waals surface area contributed by atoms with E-state index < -0.39 is 41.3 Å². The van der Waals surface area contributed by atoms with Gasteiger partial charge >= 0.3 is 11.9 Å². The Kier molecular flexibility index (Phi) is 7.38. The number of anilines is 1. The molecular formula is C19H21N5O7S2. The number of nitrogens with one attached hydrogen (secondary N) is 1. The lowest BCUT2D eigenvalue weighted by Gasteiger charge is -2.49. The van der Waals surface area contributed by atoms with Gasteiger partial charge in [0.15, 0.2) is 10.8 Å². The number of thiazole rings is 1. The summed E-state index contributed by atoms with van der Waals surface area (Å²) in [4.78, 5) is 58.5.